The highest BCUT2D eigenvalue weighted by molar-refractivity contribution is 6.63. The number of hydrogen-bond acceptors (Lipinski definition) is 2. The van der Waals surface area contributed by atoms with Crippen molar-refractivity contribution in [1.82, 2.24) is 4.90 Å². The largest absolute Gasteiger partial charge is 0.321 e. The van der Waals surface area contributed by atoms with E-state index in [9.17, 15) is 4.79 Å². The number of aliphatic imine (C=N–C) groups is 1. The van der Waals surface area contributed by atoms with Gasteiger partial charge >= 0.3 is 5.37 Å². The van der Waals surface area contributed by atoms with Crippen molar-refractivity contribution >= 4 is 63.8 Å². The van der Waals surface area contributed by atoms with E-state index in [-0.39, 0.29) is 0 Å². The second kappa shape index (κ2) is 5.73. The normalized spacial score (nSPS) is 10.8. The molecule has 0 fully saturated rings. The molecular weight excluding hydrogens is 294 g/mol. The van der Waals surface area contributed by atoms with Crippen LogP contribution < -0.4 is 0 Å². The van der Waals surface area contributed by atoms with Crippen LogP contribution in [0.1, 0.15) is 0 Å². The first kappa shape index (κ1) is 13.6. The van der Waals surface area contributed by atoms with Crippen molar-refractivity contribution in [3.8, 4) is 0 Å². The van der Waals surface area contributed by atoms with Gasteiger partial charge in [-0.05, 0) is 23.7 Å². The number of carbonyl (C=O) groups excluding carboxylic acids is 1. The molecule has 0 aliphatic carbocycles. The molecule has 7 heteroatoms. The fourth-order valence-corrected chi connectivity index (χ4v) is 1.81. The first-order valence-corrected chi connectivity index (χ1v) is 5.54. The van der Waals surface area contributed by atoms with Crippen LogP contribution >= 0.6 is 46.4 Å². The summed E-state index contributed by atoms with van der Waals surface area (Å²) in [4.78, 5) is 15.7. The Hall–Kier alpha value is -0.480. The van der Waals surface area contributed by atoms with E-state index in [1.54, 1.807) is 0 Å². The van der Waals surface area contributed by atoms with Crippen LogP contribution in [0.4, 0.5) is 10.5 Å². The van der Waals surface area contributed by atoms with Crippen LogP contribution in [-0.2, 0) is 0 Å². The van der Waals surface area contributed by atoms with E-state index in [0.717, 1.165) is 4.90 Å². The maximum Gasteiger partial charge on any atom is 0.321 e. The highest BCUT2D eigenvalue weighted by Crippen LogP contribution is 2.35. The van der Waals surface area contributed by atoms with E-state index in [2.05, 4.69) is 4.99 Å². The van der Waals surface area contributed by atoms with Crippen molar-refractivity contribution in [1.29, 1.82) is 0 Å². The molecule has 0 atom stereocenters. The van der Waals surface area contributed by atoms with Gasteiger partial charge in [0, 0.05) is 12.1 Å². The number of carbonyl (C=O) groups is 1. The summed E-state index contributed by atoms with van der Waals surface area (Å²) < 4.78 is 0. The van der Waals surface area contributed by atoms with Gasteiger partial charge in [0.2, 0.25) is 0 Å². The molecule has 0 heterocycles. The Kier molecular flexibility index (Phi) is 4.87. The minimum Gasteiger partial charge on any atom is -0.292 e. The summed E-state index contributed by atoms with van der Waals surface area (Å²) in [5.74, 6) is 0. The van der Waals surface area contributed by atoms with Crippen LogP contribution in [-0.4, -0.2) is 23.7 Å². The standard InChI is InChI=1S/C9H6Cl4N2O/c1-15(9(13)16)4-14-8-6(11)2-5(10)3-7(8)12/h2-4H,1H3. The molecule has 1 aromatic carbocycles. The SMILES string of the molecule is CN(C=Nc1c(Cl)cc(Cl)cc1Cl)C(=O)Cl. The fourth-order valence-electron chi connectivity index (χ4n) is 0.848. The van der Waals surface area contributed by atoms with Gasteiger partial charge in [0.25, 0.3) is 0 Å². The minimum absolute atomic E-state index is 0.296. The number of benzene rings is 1. The van der Waals surface area contributed by atoms with Gasteiger partial charge in [0.1, 0.15) is 5.69 Å². The second-order valence-corrected chi connectivity index (χ2v) is 4.40. The highest BCUT2D eigenvalue weighted by Gasteiger charge is 2.07. The Morgan fingerprint density at radius 3 is 2.25 bits per heavy atom. The van der Waals surface area contributed by atoms with Crippen molar-refractivity contribution in [2.45, 2.75) is 0 Å². The molecule has 0 spiro atoms. The molecule has 0 aliphatic heterocycles. The van der Waals surface area contributed by atoms with Crippen LogP contribution in [0.25, 0.3) is 0 Å². The van der Waals surface area contributed by atoms with Gasteiger partial charge in [-0.3, -0.25) is 9.69 Å². The zero-order valence-corrected chi connectivity index (χ0v) is 11.1. The van der Waals surface area contributed by atoms with Gasteiger partial charge in [0.15, 0.2) is 0 Å². The first-order valence-electron chi connectivity index (χ1n) is 4.03. The van der Waals surface area contributed by atoms with Crippen LogP contribution in [0.3, 0.4) is 0 Å². The molecule has 0 saturated heterocycles. The maximum atomic E-state index is 10.7. The summed E-state index contributed by atoms with van der Waals surface area (Å²) in [5.41, 5.74) is 0.331. The Morgan fingerprint density at radius 1 is 1.31 bits per heavy atom. The van der Waals surface area contributed by atoms with Gasteiger partial charge in [-0.1, -0.05) is 34.8 Å². The summed E-state index contributed by atoms with van der Waals surface area (Å²) in [7, 11) is 1.45. The van der Waals surface area contributed by atoms with E-state index in [0.29, 0.717) is 20.8 Å². The van der Waals surface area contributed by atoms with Crippen molar-refractivity contribution in [2.24, 2.45) is 4.99 Å². The molecule has 0 aliphatic rings. The molecule has 0 saturated carbocycles. The number of nitrogens with zero attached hydrogens (tertiary/aromatic N) is 2. The van der Waals surface area contributed by atoms with Gasteiger partial charge in [-0.15, -0.1) is 0 Å². The van der Waals surface area contributed by atoms with Crippen LogP contribution in [0.5, 0.6) is 0 Å². The highest BCUT2D eigenvalue weighted by atomic mass is 35.5. The third-order valence-electron chi connectivity index (χ3n) is 1.62. The van der Waals surface area contributed by atoms with E-state index in [1.807, 2.05) is 0 Å². The first-order chi connectivity index (χ1) is 7.41. The Morgan fingerprint density at radius 2 is 1.81 bits per heavy atom. The predicted octanol–water partition coefficient (Wildman–Crippen LogP) is 4.60. The fraction of sp³-hybridized carbons (Fsp3) is 0.111. The Labute approximate surface area is 113 Å². The van der Waals surface area contributed by atoms with Crippen molar-refractivity contribution in [2.75, 3.05) is 7.05 Å². The number of rotatable bonds is 2. The van der Waals surface area contributed by atoms with Crippen molar-refractivity contribution in [3.63, 3.8) is 0 Å². The lowest BCUT2D eigenvalue weighted by Gasteiger charge is -2.06. The van der Waals surface area contributed by atoms with Crippen molar-refractivity contribution in [3.05, 3.63) is 27.2 Å². The lowest BCUT2D eigenvalue weighted by atomic mass is 10.3. The van der Waals surface area contributed by atoms with Crippen LogP contribution in [0.2, 0.25) is 15.1 Å². The molecule has 1 aromatic rings. The van der Waals surface area contributed by atoms with Gasteiger partial charge < -0.3 is 0 Å². The second-order valence-electron chi connectivity index (χ2n) is 2.83. The summed E-state index contributed by atoms with van der Waals surface area (Å²) in [6, 6.07) is 3.01. The van der Waals surface area contributed by atoms with Crippen LogP contribution in [0, 0.1) is 0 Å². The van der Waals surface area contributed by atoms with E-state index < -0.39 is 5.37 Å². The predicted molar refractivity (Wildman–Crippen MR) is 68.6 cm³/mol. The summed E-state index contributed by atoms with van der Waals surface area (Å²) in [5, 5.41) is 0.342. The number of amides is 1. The van der Waals surface area contributed by atoms with E-state index in [4.69, 9.17) is 46.4 Å². The smallest absolute Gasteiger partial charge is 0.292 e. The molecule has 0 unspecified atom stereocenters. The topological polar surface area (TPSA) is 32.7 Å². The Bertz CT molecular complexity index is 424. The molecule has 0 radical (unpaired) electrons. The number of hydrogen-bond donors (Lipinski definition) is 0. The van der Waals surface area contributed by atoms with Gasteiger partial charge in [-0.25, -0.2) is 4.99 Å². The third kappa shape index (κ3) is 3.52. The molecule has 86 valence electrons. The van der Waals surface area contributed by atoms with E-state index >= 15 is 0 Å². The zero-order chi connectivity index (χ0) is 12.3. The summed E-state index contributed by atoms with van der Waals surface area (Å²) >= 11 is 22.7. The third-order valence-corrected chi connectivity index (χ3v) is 2.68. The average Bonchev–Trinajstić information content (AvgIpc) is 2.15. The quantitative estimate of drug-likeness (QED) is 0.340. The van der Waals surface area contributed by atoms with Crippen molar-refractivity contribution < 1.29 is 4.79 Å². The van der Waals surface area contributed by atoms with Crippen LogP contribution in [0.15, 0.2) is 17.1 Å². The molecule has 0 aromatic heterocycles. The molecule has 0 N–H and O–H groups in total. The molecule has 1 amide bonds. The molecule has 1 rings (SSSR count). The number of halogens is 4. The monoisotopic (exact) mass is 298 g/mol. The summed E-state index contributed by atoms with van der Waals surface area (Å²) in [6.45, 7) is 0. The molecule has 0 bridgehead atoms. The van der Waals surface area contributed by atoms with Gasteiger partial charge in [-0.2, -0.15) is 0 Å². The average molecular weight is 300 g/mol. The summed E-state index contributed by atoms with van der Waals surface area (Å²) in [6.07, 6.45) is 1.22. The maximum absolute atomic E-state index is 10.7. The zero-order valence-electron chi connectivity index (χ0n) is 8.05. The molecular formula is C9H6Cl4N2O. The Balaban J connectivity index is 3.02. The van der Waals surface area contributed by atoms with E-state index in [1.165, 1.54) is 25.5 Å². The molecule has 16 heavy (non-hydrogen) atoms. The lowest BCUT2D eigenvalue weighted by Crippen LogP contribution is -2.18. The van der Waals surface area contributed by atoms with Gasteiger partial charge in [0.05, 0.1) is 16.4 Å². The minimum atomic E-state index is -0.662. The lowest BCUT2D eigenvalue weighted by molar-refractivity contribution is 0.248. The molecule has 3 nitrogen and oxygen atoms in total.